The molecule has 1 amide bonds. The third kappa shape index (κ3) is 2.59. The lowest BCUT2D eigenvalue weighted by Gasteiger charge is -2.26. The van der Waals surface area contributed by atoms with Crippen molar-refractivity contribution in [3.8, 4) is 0 Å². The summed E-state index contributed by atoms with van der Waals surface area (Å²) in [7, 11) is 0. The van der Waals surface area contributed by atoms with Crippen molar-refractivity contribution in [2.45, 2.75) is 37.1 Å². The lowest BCUT2D eigenvalue weighted by Crippen LogP contribution is -2.45. The molecule has 3 heteroatoms. The van der Waals surface area contributed by atoms with Crippen LogP contribution in [0, 0.1) is 5.92 Å². The van der Waals surface area contributed by atoms with Crippen molar-refractivity contribution in [2.24, 2.45) is 5.92 Å². The van der Waals surface area contributed by atoms with Crippen LogP contribution >= 0.6 is 12.6 Å². The molecular weight excluding hydrogens is 218 g/mol. The molecule has 16 heavy (non-hydrogen) atoms. The molecule has 0 bridgehead atoms. The summed E-state index contributed by atoms with van der Waals surface area (Å²) in [5, 5.41) is 3.09. The summed E-state index contributed by atoms with van der Waals surface area (Å²) in [5.74, 6) is 0.628. The quantitative estimate of drug-likeness (QED) is 0.775. The van der Waals surface area contributed by atoms with Crippen molar-refractivity contribution in [1.82, 2.24) is 5.32 Å². The molecule has 0 radical (unpaired) electrons. The van der Waals surface area contributed by atoms with E-state index in [4.69, 9.17) is 0 Å². The normalized spacial score (nSPS) is 15.9. The first-order valence-corrected chi connectivity index (χ1v) is 6.05. The van der Waals surface area contributed by atoms with E-state index in [9.17, 15) is 4.79 Å². The molecule has 1 fully saturated rings. The Morgan fingerprint density at radius 2 is 2.12 bits per heavy atom. The van der Waals surface area contributed by atoms with Crippen LogP contribution in [0.3, 0.4) is 0 Å². The van der Waals surface area contributed by atoms with E-state index in [1.807, 2.05) is 18.2 Å². The number of rotatable bonds is 3. The molecule has 0 saturated heterocycles. The number of hydrogen-bond donors (Lipinski definition) is 2. The first-order chi connectivity index (χ1) is 7.49. The first kappa shape index (κ1) is 11.5. The molecule has 0 unspecified atom stereocenters. The second-order valence-corrected chi connectivity index (χ2v) is 5.52. The van der Waals surface area contributed by atoms with Crippen molar-refractivity contribution in [2.75, 3.05) is 0 Å². The zero-order chi connectivity index (χ0) is 11.8. The minimum absolute atomic E-state index is 0.00667. The van der Waals surface area contributed by atoms with Gasteiger partial charge >= 0.3 is 0 Å². The fourth-order valence-corrected chi connectivity index (χ4v) is 2.14. The summed E-state index contributed by atoms with van der Waals surface area (Å²) in [5.41, 5.74) is 0.588. The van der Waals surface area contributed by atoms with Gasteiger partial charge in [-0.3, -0.25) is 4.79 Å². The standard InChI is InChI=1S/C13H17NOS/c1-13(2,10-6-7-10)14-12(15)9-4-3-5-11(16)8-9/h3-5,8,10,16H,6-7H2,1-2H3,(H,14,15). The van der Waals surface area contributed by atoms with Crippen molar-refractivity contribution < 1.29 is 4.79 Å². The van der Waals surface area contributed by atoms with Crippen molar-refractivity contribution in [3.05, 3.63) is 29.8 Å². The highest BCUT2D eigenvalue weighted by atomic mass is 32.1. The number of nitrogens with one attached hydrogen (secondary N) is 1. The van der Waals surface area contributed by atoms with Gasteiger partial charge in [0.2, 0.25) is 0 Å². The Bertz CT molecular complexity index is 410. The SMILES string of the molecule is CC(C)(NC(=O)c1cccc(S)c1)C1CC1. The average molecular weight is 235 g/mol. The Morgan fingerprint density at radius 1 is 1.44 bits per heavy atom. The minimum Gasteiger partial charge on any atom is -0.347 e. The van der Waals surface area contributed by atoms with E-state index in [-0.39, 0.29) is 11.4 Å². The molecule has 0 aliphatic heterocycles. The minimum atomic E-state index is -0.0936. The third-order valence-corrected chi connectivity index (χ3v) is 3.42. The number of thiol groups is 1. The van der Waals surface area contributed by atoms with E-state index in [0.717, 1.165) is 4.90 Å². The monoisotopic (exact) mass is 235 g/mol. The molecule has 1 saturated carbocycles. The van der Waals surface area contributed by atoms with Crippen LogP contribution in [0.4, 0.5) is 0 Å². The van der Waals surface area contributed by atoms with Gasteiger partial charge in [-0.25, -0.2) is 0 Å². The number of benzene rings is 1. The van der Waals surface area contributed by atoms with Gasteiger partial charge in [-0.2, -0.15) is 0 Å². The van der Waals surface area contributed by atoms with Crippen molar-refractivity contribution in [3.63, 3.8) is 0 Å². The molecule has 1 N–H and O–H groups in total. The Hall–Kier alpha value is -0.960. The van der Waals surface area contributed by atoms with Crippen molar-refractivity contribution in [1.29, 1.82) is 0 Å². The second kappa shape index (κ2) is 4.13. The van der Waals surface area contributed by atoms with E-state index in [2.05, 4.69) is 31.8 Å². The Morgan fingerprint density at radius 3 is 2.69 bits per heavy atom. The van der Waals surface area contributed by atoms with Gasteiger partial charge in [0, 0.05) is 16.0 Å². The molecule has 1 aliphatic rings. The van der Waals surface area contributed by atoms with E-state index in [1.165, 1.54) is 12.8 Å². The van der Waals surface area contributed by atoms with Crippen LogP contribution in [0.15, 0.2) is 29.2 Å². The summed E-state index contributed by atoms with van der Waals surface area (Å²) in [6.45, 7) is 4.18. The smallest absolute Gasteiger partial charge is 0.251 e. The molecular formula is C13H17NOS. The van der Waals surface area contributed by atoms with Gasteiger partial charge in [0.25, 0.3) is 5.91 Å². The predicted molar refractivity (Wildman–Crippen MR) is 68.0 cm³/mol. The van der Waals surface area contributed by atoms with Crippen LogP contribution in [0.5, 0.6) is 0 Å². The molecule has 2 nitrogen and oxygen atoms in total. The van der Waals surface area contributed by atoms with Gasteiger partial charge < -0.3 is 5.32 Å². The first-order valence-electron chi connectivity index (χ1n) is 5.60. The van der Waals surface area contributed by atoms with Gasteiger partial charge in [0.15, 0.2) is 0 Å². The Balaban J connectivity index is 2.08. The zero-order valence-corrected chi connectivity index (χ0v) is 10.6. The largest absolute Gasteiger partial charge is 0.347 e. The van der Waals surface area contributed by atoms with E-state index < -0.39 is 0 Å². The molecule has 0 aromatic heterocycles. The van der Waals surface area contributed by atoms with Gasteiger partial charge in [0.1, 0.15) is 0 Å². The molecule has 1 aliphatic carbocycles. The van der Waals surface area contributed by atoms with Crippen LogP contribution in [0.1, 0.15) is 37.0 Å². The van der Waals surface area contributed by atoms with Crippen LogP contribution in [0.2, 0.25) is 0 Å². The highest BCUT2D eigenvalue weighted by molar-refractivity contribution is 7.80. The summed E-state index contributed by atoms with van der Waals surface area (Å²) < 4.78 is 0. The Labute approximate surface area is 102 Å². The molecule has 86 valence electrons. The van der Waals surface area contributed by atoms with Gasteiger partial charge in [-0.15, -0.1) is 12.6 Å². The van der Waals surface area contributed by atoms with Gasteiger partial charge in [0.05, 0.1) is 0 Å². The summed E-state index contributed by atoms with van der Waals surface area (Å²) in [6.07, 6.45) is 2.44. The molecule has 0 atom stereocenters. The number of amides is 1. The lowest BCUT2D eigenvalue weighted by molar-refractivity contribution is 0.0903. The topological polar surface area (TPSA) is 29.1 Å². The maximum atomic E-state index is 12.0. The maximum absolute atomic E-state index is 12.0. The van der Waals surface area contributed by atoms with Crippen LogP contribution < -0.4 is 5.32 Å². The van der Waals surface area contributed by atoms with Crippen LogP contribution in [-0.4, -0.2) is 11.4 Å². The third-order valence-electron chi connectivity index (χ3n) is 3.14. The van der Waals surface area contributed by atoms with Crippen LogP contribution in [-0.2, 0) is 0 Å². The number of carbonyl (C=O) groups is 1. The summed E-state index contributed by atoms with van der Waals surface area (Å²) in [6, 6.07) is 7.33. The fraction of sp³-hybridized carbons (Fsp3) is 0.462. The molecule has 0 heterocycles. The molecule has 2 rings (SSSR count). The summed E-state index contributed by atoms with van der Waals surface area (Å²) in [4.78, 5) is 12.8. The van der Waals surface area contributed by atoms with Gasteiger partial charge in [-0.05, 0) is 50.8 Å². The molecule has 1 aromatic carbocycles. The summed E-state index contributed by atoms with van der Waals surface area (Å²) >= 11 is 4.23. The van der Waals surface area contributed by atoms with E-state index >= 15 is 0 Å². The van der Waals surface area contributed by atoms with Crippen LogP contribution in [0.25, 0.3) is 0 Å². The maximum Gasteiger partial charge on any atom is 0.251 e. The second-order valence-electron chi connectivity index (χ2n) is 5.00. The number of carbonyl (C=O) groups excluding carboxylic acids is 1. The highest BCUT2D eigenvalue weighted by Crippen LogP contribution is 2.39. The fourth-order valence-electron chi connectivity index (χ4n) is 1.92. The molecule has 1 aromatic rings. The predicted octanol–water partition coefficient (Wildman–Crippen LogP) is 2.89. The lowest BCUT2D eigenvalue weighted by atomic mass is 9.98. The zero-order valence-electron chi connectivity index (χ0n) is 9.66. The highest BCUT2D eigenvalue weighted by Gasteiger charge is 2.38. The van der Waals surface area contributed by atoms with E-state index in [0.29, 0.717) is 11.5 Å². The average Bonchev–Trinajstić information content (AvgIpc) is 3.00. The van der Waals surface area contributed by atoms with Gasteiger partial charge in [-0.1, -0.05) is 6.07 Å². The number of hydrogen-bond acceptors (Lipinski definition) is 2. The van der Waals surface area contributed by atoms with Crippen molar-refractivity contribution >= 4 is 18.5 Å². The Kier molecular flexibility index (Phi) is 2.98. The molecule has 0 spiro atoms. The van der Waals surface area contributed by atoms with E-state index in [1.54, 1.807) is 6.07 Å².